The van der Waals surface area contributed by atoms with Crippen LogP contribution in [0.15, 0.2) is 5.28 Å². The van der Waals surface area contributed by atoms with Crippen LogP contribution in [0.4, 0.5) is 0 Å². The topological polar surface area (TPSA) is 74.0 Å². The summed E-state index contributed by atoms with van der Waals surface area (Å²) in [6.07, 6.45) is 0. The first-order chi connectivity index (χ1) is 5.20. The summed E-state index contributed by atoms with van der Waals surface area (Å²) in [5.74, 6) is -0.650. The van der Waals surface area contributed by atoms with Gasteiger partial charge in [-0.05, 0) is 11.8 Å². The van der Waals surface area contributed by atoms with Gasteiger partial charge in [-0.1, -0.05) is 0 Å². The average molecular weight is 162 g/mol. The van der Waals surface area contributed by atoms with Gasteiger partial charge < -0.3 is 14.8 Å². The van der Waals surface area contributed by atoms with Crippen molar-refractivity contribution in [2.75, 3.05) is 20.3 Å². The Labute approximate surface area is 63.9 Å². The van der Waals surface area contributed by atoms with Crippen LogP contribution in [-0.4, -0.2) is 31.1 Å². The van der Waals surface area contributed by atoms with E-state index in [0.717, 1.165) is 0 Å². The minimum atomic E-state index is -0.650. The summed E-state index contributed by atoms with van der Waals surface area (Å²) >= 11 is 0. The molecular formula is C5H10N2O4. The lowest BCUT2D eigenvalue weighted by Gasteiger charge is -1.97. The number of nitrogens with zero attached hydrogens (tertiary/aromatic N) is 2. The zero-order chi connectivity index (χ0) is 8.69. The normalized spacial score (nSPS) is 10.9. The van der Waals surface area contributed by atoms with Crippen LogP contribution in [0, 0.1) is 5.21 Å². The number of carbonyl (C=O) groups excluding carboxylic acids is 1. The Kier molecular flexibility index (Phi) is 4.80. The third-order valence-corrected chi connectivity index (χ3v) is 0.770. The van der Waals surface area contributed by atoms with Crippen molar-refractivity contribution in [3.63, 3.8) is 0 Å². The summed E-state index contributed by atoms with van der Waals surface area (Å²) in [6.45, 7) is 1.52. The second kappa shape index (κ2) is 5.45. The zero-order valence-electron chi connectivity index (χ0n) is 6.44. The molecule has 64 valence electrons. The van der Waals surface area contributed by atoms with Crippen molar-refractivity contribution in [3.8, 4) is 0 Å². The van der Waals surface area contributed by atoms with Crippen molar-refractivity contribution >= 4 is 5.97 Å². The Morgan fingerprint density at radius 1 is 1.73 bits per heavy atom. The van der Waals surface area contributed by atoms with Gasteiger partial charge in [0.15, 0.2) is 5.28 Å². The van der Waals surface area contributed by atoms with E-state index in [-0.39, 0.29) is 4.86 Å². The maximum absolute atomic E-state index is 10.5. The van der Waals surface area contributed by atoms with Crippen LogP contribution in [-0.2, 0) is 14.4 Å². The van der Waals surface area contributed by atoms with Crippen molar-refractivity contribution in [2.24, 2.45) is 5.28 Å². The Hall–Kier alpha value is -1.33. The van der Waals surface area contributed by atoms with Crippen LogP contribution in [0.5, 0.6) is 0 Å². The molecule has 0 saturated carbocycles. The van der Waals surface area contributed by atoms with Gasteiger partial charge in [-0.3, -0.25) is 0 Å². The molecule has 0 aliphatic heterocycles. The zero-order valence-corrected chi connectivity index (χ0v) is 6.44. The third kappa shape index (κ3) is 5.13. The van der Waals surface area contributed by atoms with E-state index in [1.807, 2.05) is 0 Å². The molecule has 0 N–H and O–H groups in total. The predicted molar refractivity (Wildman–Crippen MR) is 34.6 cm³/mol. The van der Waals surface area contributed by atoms with Gasteiger partial charge >= 0.3 is 5.97 Å². The summed E-state index contributed by atoms with van der Waals surface area (Å²) in [7, 11) is 1.19. The second-order valence-corrected chi connectivity index (χ2v) is 1.59. The molecule has 0 atom stereocenters. The Bertz CT molecular complexity index is 157. The smallest absolute Gasteiger partial charge is 0.376 e. The molecule has 0 aromatic heterocycles. The van der Waals surface area contributed by atoms with Crippen molar-refractivity contribution in [1.82, 2.24) is 0 Å². The van der Waals surface area contributed by atoms with E-state index in [9.17, 15) is 10.0 Å². The Morgan fingerprint density at radius 3 is 2.82 bits per heavy atom. The predicted octanol–water partition coefficient (Wildman–Crippen LogP) is 0.0734. The van der Waals surface area contributed by atoms with Gasteiger partial charge in [-0.15, -0.1) is 0 Å². The quantitative estimate of drug-likeness (QED) is 0.254. The highest BCUT2D eigenvalue weighted by atomic mass is 16.7. The molecule has 0 spiro atoms. The van der Waals surface area contributed by atoms with Crippen LogP contribution in [0.2, 0.25) is 0 Å². The summed E-state index contributed by atoms with van der Waals surface area (Å²) in [6, 6.07) is 0. The molecule has 0 heterocycles. The molecule has 0 rings (SSSR count). The third-order valence-electron chi connectivity index (χ3n) is 0.770. The summed E-state index contributed by atoms with van der Waals surface area (Å²) in [5, 5.41) is 13.5. The first-order valence-electron chi connectivity index (χ1n) is 3.05. The monoisotopic (exact) mass is 162 g/mol. The molecule has 0 unspecified atom stereocenters. The molecule has 0 aromatic rings. The molecule has 0 aliphatic carbocycles. The number of carbonyl (C=O) groups is 1. The summed E-state index contributed by atoms with van der Waals surface area (Å²) in [5.41, 5.74) is 0. The van der Waals surface area contributed by atoms with Crippen molar-refractivity contribution < 1.29 is 19.2 Å². The molecule has 11 heavy (non-hydrogen) atoms. The highest BCUT2D eigenvalue weighted by Crippen LogP contribution is 1.81. The SMILES string of the molecule is CCO/N=[N+](/[O-])CC(=O)OC. The van der Waals surface area contributed by atoms with Gasteiger partial charge in [-0.2, -0.15) is 0 Å². The Balaban J connectivity index is 3.66. The van der Waals surface area contributed by atoms with Crippen LogP contribution >= 0.6 is 0 Å². The fourth-order valence-electron chi connectivity index (χ4n) is 0.326. The van der Waals surface area contributed by atoms with E-state index < -0.39 is 12.5 Å². The van der Waals surface area contributed by atoms with E-state index in [1.54, 1.807) is 6.92 Å². The van der Waals surface area contributed by atoms with Crippen LogP contribution in [0.1, 0.15) is 6.92 Å². The van der Waals surface area contributed by atoms with Crippen molar-refractivity contribution in [2.45, 2.75) is 6.92 Å². The number of methoxy groups -OCH3 is 1. The molecule has 0 aromatic carbocycles. The molecule has 0 amide bonds. The molecular weight excluding hydrogens is 152 g/mol. The number of ether oxygens (including phenoxy) is 1. The van der Waals surface area contributed by atoms with Gasteiger partial charge in [0.1, 0.15) is 6.61 Å². The fourth-order valence-corrected chi connectivity index (χ4v) is 0.326. The number of rotatable bonds is 4. The lowest BCUT2D eigenvalue weighted by Crippen LogP contribution is -2.16. The molecule has 0 aliphatic rings. The van der Waals surface area contributed by atoms with Crippen LogP contribution in [0.25, 0.3) is 0 Å². The molecule has 6 heteroatoms. The van der Waals surface area contributed by atoms with Gasteiger partial charge in [0.25, 0.3) is 6.54 Å². The summed E-state index contributed by atoms with van der Waals surface area (Å²) < 4.78 is 4.20. The van der Waals surface area contributed by atoms with Gasteiger partial charge in [-0.25, -0.2) is 4.79 Å². The Morgan fingerprint density at radius 2 is 2.36 bits per heavy atom. The molecule has 0 bridgehead atoms. The van der Waals surface area contributed by atoms with E-state index in [1.165, 1.54) is 7.11 Å². The highest BCUT2D eigenvalue weighted by molar-refractivity contribution is 5.70. The first kappa shape index (κ1) is 9.67. The minimum Gasteiger partial charge on any atom is -0.597 e. The van der Waals surface area contributed by atoms with Crippen LogP contribution < -0.4 is 0 Å². The van der Waals surface area contributed by atoms with E-state index in [4.69, 9.17) is 0 Å². The van der Waals surface area contributed by atoms with E-state index in [2.05, 4.69) is 14.9 Å². The maximum atomic E-state index is 10.5. The maximum Gasteiger partial charge on any atom is 0.376 e. The van der Waals surface area contributed by atoms with Crippen molar-refractivity contribution in [3.05, 3.63) is 5.21 Å². The van der Waals surface area contributed by atoms with Gasteiger partial charge in [0.05, 0.1) is 7.11 Å². The fraction of sp³-hybridized carbons (Fsp3) is 0.800. The summed E-state index contributed by atoms with van der Waals surface area (Å²) in [4.78, 5) is 14.9. The lowest BCUT2D eigenvalue weighted by atomic mass is 10.7. The van der Waals surface area contributed by atoms with E-state index >= 15 is 0 Å². The standard InChI is InChI=1S/C5H10N2O4/c1-3-11-6-7(9)4-5(8)10-2/h3-4H2,1-2H3/b7-6+. The molecule has 0 fully saturated rings. The number of hydroxylamine groups is 1. The van der Waals surface area contributed by atoms with Gasteiger partial charge in [0.2, 0.25) is 0 Å². The molecule has 6 nitrogen and oxygen atoms in total. The number of hydrogen-bond donors (Lipinski definition) is 0. The van der Waals surface area contributed by atoms with Crippen molar-refractivity contribution in [1.29, 1.82) is 0 Å². The highest BCUT2D eigenvalue weighted by Gasteiger charge is 2.06. The minimum absolute atomic E-state index is 0.120. The first-order valence-corrected chi connectivity index (χ1v) is 3.05. The molecule has 0 radical (unpaired) electrons. The van der Waals surface area contributed by atoms with E-state index in [0.29, 0.717) is 6.61 Å². The average Bonchev–Trinajstić information content (AvgIpc) is 2.00. The number of hydrogen-bond acceptors (Lipinski definition) is 5. The lowest BCUT2D eigenvalue weighted by molar-refractivity contribution is -0.549. The largest absolute Gasteiger partial charge is 0.597 e. The second-order valence-electron chi connectivity index (χ2n) is 1.59. The number of esters is 1. The van der Waals surface area contributed by atoms with Gasteiger partial charge in [0, 0.05) is 0 Å². The van der Waals surface area contributed by atoms with Crippen LogP contribution in [0.3, 0.4) is 0 Å². The molecule has 0 saturated heterocycles.